The summed E-state index contributed by atoms with van der Waals surface area (Å²) in [6, 6.07) is 5.09. The van der Waals surface area contributed by atoms with E-state index in [0.717, 1.165) is 25.9 Å². The Morgan fingerprint density at radius 3 is 2.95 bits per heavy atom. The molecule has 1 atom stereocenters. The molecule has 1 amide bonds. The standard InChI is InChI=1S/C14H19ClN2O2.ClH/c1-19-13-7-11(15)4-5-12(13)14(18)17-6-2-3-10(8-16)9-17;/h4-5,7,10H,2-3,6,8-9,16H2,1H3;1H. The van der Waals surface area contributed by atoms with Gasteiger partial charge in [-0.15, -0.1) is 12.4 Å². The van der Waals surface area contributed by atoms with Gasteiger partial charge in [0.1, 0.15) is 5.75 Å². The maximum Gasteiger partial charge on any atom is 0.257 e. The number of carbonyl (C=O) groups is 1. The van der Waals surface area contributed by atoms with Crippen molar-refractivity contribution in [1.82, 2.24) is 4.90 Å². The quantitative estimate of drug-likeness (QED) is 0.932. The molecule has 1 aromatic rings. The molecule has 20 heavy (non-hydrogen) atoms. The normalized spacial score (nSPS) is 18.4. The fraction of sp³-hybridized carbons (Fsp3) is 0.500. The maximum absolute atomic E-state index is 12.5. The number of likely N-dealkylation sites (tertiary alicyclic amines) is 1. The molecule has 2 N–H and O–H groups in total. The van der Waals surface area contributed by atoms with E-state index in [1.807, 2.05) is 4.90 Å². The van der Waals surface area contributed by atoms with Crippen molar-refractivity contribution in [3.8, 4) is 5.75 Å². The average molecular weight is 319 g/mol. The van der Waals surface area contributed by atoms with Gasteiger partial charge in [0.25, 0.3) is 5.91 Å². The second kappa shape index (κ2) is 7.72. The van der Waals surface area contributed by atoms with E-state index in [1.165, 1.54) is 0 Å². The van der Waals surface area contributed by atoms with Gasteiger partial charge >= 0.3 is 0 Å². The van der Waals surface area contributed by atoms with Crippen LogP contribution in [-0.2, 0) is 0 Å². The van der Waals surface area contributed by atoms with E-state index in [1.54, 1.807) is 25.3 Å². The number of piperidine rings is 1. The van der Waals surface area contributed by atoms with E-state index in [0.29, 0.717) is 28.8 Å². The van der Waals surface area contributed by atoms with Crippen molar-refractivity contribution >= 4 is 29.9 Å². The highest BCUT2D eigenvalue weighted by Crippen LogP contribution is 2.26. The van der Waals surface area contributed by atoms with Gasteiger partial charge in [-0.25, -0.2) is 0 Å². The van der Waals surface area contributed by atoms with E-state index in [4.69, 9.17) is 22.1 Å². The van der Waals surface area contributed by atoms with Gasteiger partial charge in [0.05, 0.1) is 12.7 Å². The van der Waals surface area contributed by atoms with Crippen LogP contribution in [0.25, 0.3) is 0 Å². The van der Waals surface area contributed by atoms with Crippen LogP contribution in [0.15, 0.2) is 18.2 Å². The van der Waals surface area contributed by atoms with Gasteiger partial charge in [0.2, 0.25) is 0 Å². The van der Waals surface area contributed by atoms with Crippen molar-refractivity contribution in [3.05, 3.63) is 28.8 Å². The summed E-state index contributed by atoms with van der Waals surface area (Å²) < 4.78 is 5.23. The first kappa shape index (κ1) is 17.1. The van der Waals surface area contributed by atoms with Crippen LogP contribution in [-0.4, -0.2) is 37.6 Å². The Hall–Kier alpha value is -0.970. The summed E-state index contributed by atoms with van der Waals surface area (Å²) in [6.45, 7) is 2.13. The van der Waals surface area contributed by atoms with Crippen LogP contribution in [0.4, 0.5) is 0 Å². The summed E-state index contributed by atoms with van der Waals surface area (Å²) >= 11 is 5.91. The number of methoxy groups -OCH3 is 1. The summed E-state index contributed by atoms with van der Waals surface area (Å²) in [4.78, 5) is 14.4. The molecule has 1 aromatic carbocycles. The maximum atomic E-state index is 12.5. The minimum Gasteiger partial charge on any atom is -0.496 e. The fourth-order valence-electron chi connectivity index (χ4n) is 2.45. The third-order valence-corrected chi connectivity index (χ3v) is 3.77. The Kier molecular flexibility index (Phi) is 6.59. The summed E-state index contributed by atoms with van der Waals surface area (Å²) in [5.74, 6) is 0.912. The van der Waals surface area contributed by atoms with Crippen molar-refractivity contribution in [1.29, 1.82) is 0 Å². The molecular formula is C14H20Cl2N2O2. The first-order valence-electron chi connectivity index (χ1n) is 6.48. The number of hydrogen-bond donors (Lipinski definition) is 1. The Morgan fingerprint density at radius 2 is 2.30 bits per heavy atom. The van der Waals surface area contributed by atoms with Gasteiger partial charge in [-0.05, 0) is 43.5 Å². The molecule has 0 bridgehead atoms. The Morgan fingerprint density at radius 1 is 1.55 bits per heavy atom. The third kappa shape index (κ3) is 3.78. The number of benzene rings is 1. The zero-order valence-electron chi connectivity index (χ0n) is 11.5. The van der Waals surface area contributed by atoms with Crippen molar-refractivity contribution < 1.29 is 9.53 Å². The SMILES string of the molecule is COc1cc(Cl)ccc1C(=O)N1CCCC(CN)C1.Cl. The number of carbonyl (C=O) groups excluding carboxylic acids is 1. The Bertz CT molecular complexity index is 468. The number of rotatable bonds is 3. The minimum absolute atomic E-state index is 0. The summed E-state index contributed by atoms with van der Waals surface area (Å²) in [5.41, 5.74) is 6.26. The van der Waals surface area contributed by atoms with Gasteiger partial charge in [-0.1, -0.05) is 11.6 Å². The van der Waals surface area contributed by atoms with Gasteiger partial charge < -0.3 is 15.4 Å². The number of amides is 1. The third-order valence-electron chi connectivity index (χ3n) is 3.53. The number of nitrogens with zero attached hydrogens (tertiary/aromatic N) is 1. The predicted molar refractivity (Wildman–Crippen MR) is 82.9 cm³/mol. The van der Waals surface area contributed by atoms with Crippen molar-refractivity contribution in [2.45, 2.75) is 12.8 Å². The largest absolute Gasteiger partial charge is 0.496 e. The molecule has 1 heterocycles. The van der Waals surface area contributed by atoms with E-state index < -0.39 is 0 Å². The highest BCUT2D eigenvalue weighted by Gasteiger charge is 2.25. The molecule has 6 heteroatoms. The average Bonchev–Trinajstić information content (AvgIpc) is 2.46. The first-order chi connectivity index (χ1) is 9.15. The van der Waals surface area contributed by atoms with Crippen LogP contribution < -0.4 is 10.5 Å². The van der Waals surface area contributed by atoms with Gasteiger partial charge in [-0.2, -0.15) is 0 Å². The lowest BCUT2D eigenvalue weighted by molar-refractivity contribution is 0.0675. The molecule has 0 aromatic heterocycles. The predicted octanol–water partition coefficient (Wildman–Crippen LogP) is 2.58. The van der Waals surface area contributed by atoms with Crippen molar-refractivity contribution in [2.75, 3.05) is 26.7 Å². The molecular weight excluding hydrogens is 299 g/mol. The van der Waals surface area contributed by atoms with E-state index in [2.05, 4.69) is 0 Å². The molecule has 2 rings (SSSR count). The zero-order chi connectivity index (χ0) is 13.8. The topological polar surface area (TPSA) is 55.6 Å². The van der Waals surface area contributed by atoms with Crippen LogP contribution in [0.2, 0.25) is 5.02 Å². The van der Waals surface area contributed by atoms with Gasteiger partial charge in [-0.3, -0.25) is 4.79 Å². The Labute approximate surface area is 130 Å². The molecule has 4 nitrogen and oxygen atoms in total. The van der Waals surface area contributed by atoms with Crippen LogP contribution >= 0.6 is 24.0 Å². The van der Waals surface area contributed by atoms with Crippen LogP contribution in [0.3, 0.4) is 0 Å². The van der Waals surface area contributed by atoms with Crippen LogP contribution in [0, 0.1) is 5.92 Å². The molecule has 1 fully saturated rings. The van der Waals surface area contributed by atoms with E-state index in [9.17, 15) is 4.79 Å². The molecule has 0 spiro atoms. The van der Waals surface area contributed by atoms with Crippen LogP contribution in [0.1, 0.15) is 23.2 Å². The number of nitrogens with two attached hydrogens (primary N) is 1. The monoisotopic (exact) mass is 318 g/mol. The lowest BCUT2D eigenvalue weighted by atomic mass is 9.97. The summed E-state index contributed by atoms with van der Waals surface area (Å²) in [6.07, 6.45) is 2.10. The molecule has 0 aliphatic carbocycles. The molecule has 0 saturated carbocycles. The number of halogens is 2. The van der Waals surface area contributed by atoms with E-state index >= 15 is 0 Å². The van der Waals surface area contributed by atoms with Crippen molar-refractivity contribution in [2.24, 2.45) is 11.7 Å². The molecule has 1 aliphatic heterocycles. The lowest BCUT2D eigenvalue weighted by Crippen LogP contribution is -2.42. The van der Waals surface area contributed by atoms with Gasteiger partial charge in [0.15, 0.2) is 0 Å². The summed E-state index contributed by atoms with van der Waals surface area (Å²) in [5, 5.41) is 0.562. The molecule has 112 valence electrons. The second-order valence-electron chi connectivity index (χ2n) is 4.84. The fourth-order valence-corrected chi connectivity index (χ4v) is 2.62. The number of ether oxygens (including phenoxy) is 1. The minimum atomic E-state index is -0.00772. The van der Waals surface area contributed by atoms with Crippen LogP contribution in [0.5, 0.6) is 5.75 Å². The molecule has 1 unspecified atom stereocenters. The summed E-state index contributed by atoms with van der Waals surface area (Å²) in [7, 11) is 1.54. The van der Waals surface area contributed by atoms with Crippen molar-refractivity contribution in [3.63, 3.8) is 0 Å². The first-order valence-corrected chi connectivity index (χ1v) is 6.86. The van der Waals surface area contributed by atoms with Gasteiger partial charge in [0, 0.05) is 18.1 Å². The number of hydrogen-bond acceptors (Lipinski definition) is 3. The second-order valence-corrected chi connectivity index (χ2v) is 5.28. The Balaban J connectivity index is 0.00000200. The lowest BCUT2D eigenvalue weighted by Gasteiger charge is -2.32. The zero-order valence-corrected chi connectivity index (χ0v) is 13.0. The smallest absolute Gasteiger partial charge is 0.257 e. The molecule has 0 radical (unpaired) electrons. The molecule has 1 saturated heterocycles. The highest BCUT2D eigenvalue weighted by atomic mass is 35.5. The molecule has 1 aliphatic rings. The van der Waals surface area contributed by atoms with E-state index in [-0.39, 0.29) is 18.3 Å². The highest BCUT2D eigenvalue weighted by molar-refractivity contribution is 6.30.